The predicted octanol–water partition coefficient (Wildman–Crippen LogP) is 1.76. The molecule has 0 atom stereocenters. The van der Waals surface area contributed by atoms with Crippen LogP contribution in [0.25, 0.3) is 0 Å². The molecule has 0 saturated carbocycles. The van der Waals surface area contributed by atoms with Crippen LogP contribution in [0.4, 0.5) is 0 Å². The van der Waals surface area contributed by atoms with Crippen molar-refractivity contribution in [3.05, 3.63) is 25.3 Å². The van der Waals surface area contributed by atoms with Crippen molar-refractivity contribution in [2.24, 2.45) is 5.11 Å². The van der Waals surface area contributed by atoms with E-state index in [0.717, 1.165) is 0 Å². The monoisotopic (exact) mass is 96.1 g/mol. The lowest BCUT2D eigenvalue weighted by Crippen LogP contribution is -1.88. The van der Waals surface area contributed by atoms with E-state index in [-0.39, 0.29) is 6.04 Å². The first-order valence-electron chi connectivity index (χ1n) is 1.96. The van der Waals surface area contributed by atoms with Gasteiger partial charge in [0.25, 0.3) is 0 Å². The van der Waals surface area contributed by atoms with Crippen LogP contribution < -0.4 is 0 Å². The molecule has 2 nitrogen and oxygen atoms in total. The molecule has 2 heteroatoms. The van der Waals surface area contributed by atoms with E-state index in [0.29, 0.717) is 0 Å². The second-order valence-corrected chi connectivity index (χ2v) is 1.09. The van der Waals surface area contributed by atoms with Gasteiger partial charge in [0.1, 0.15) is 6.04 Å². The summed E-state index contributed by atoms with van der Waals surface area (Å²) >= 11 is 0. The van der Waals surface area contributed by atoms with E-state index in [2.05, 4.69) is 18.3 Å². The maximum Gasteiger partial charge on any atom is 0.106 e. The van der Waals surface area contributed by atoms with Crippen LogP contribution in [-0.2, 0) is 0 Å². The maximum absolute atomic E-state index is 6.44. The van der Waals surface area contributed by atoms with Gasteiger partial charge in [-0.2, -0.15) is 5.11 Å². The molecule has 0 unspecified atom stereocenters. The quantitative estimate of drug-likeness (QED) is 0.410. The van der Waals surface area contributed by atoms with Crippen molar-refractivity contribution in [2.75, 3.05) is 0 Å². The van der Waals surface area contributed by atoms with E-state index in [1.165, 1.54) is 0 Å². The van der Waals surface area contributed by atoms with E-state index in [1.54, 1.807) is 12.2 Å². The summed E-state index contributed by atoms with van der Waals surface area (Å²) in [4.78, 5) is 0. The fourth-order valence-corrected chi connectivity index (χ4v) is 0.202. The van der Waals surface area contributed by atoms with Gasteiger partial charge in [-0.1, -0.05) is 12.2 Å². The number of nitrogens with zero attached hydrogens (tertiary/aromatic N) is 1. The highest BCUT2D eigenvalue weighted by atomic mass is 15.0. The van der Waals surface area contributed by atoms with Gasteiger partial charge >= 0.3 is 0 Å². The Hall–Kier alpha value is -0.920. The highest BCUT2D eigenvalue weighted by Gasteiger charge is 1.86. The van der Waals surface area contributed by atoms with Gasteiger partial charge in [0, 0.05) is 0 Å². The molecule has 38 valence electrons. The normalized spacial score (nSPS) is 8.14. The molecule has 0 amide bonds. The Balaban J connectivity index is 3.57. The van der Waals surface area contributed by atoms with Crippen LogP contribution in [0.3, 0.4) is 0 Å². The third-order valence-electron chi connectivity index (χ3n) is 0.632. The van der Waals surface area contributed by atoms with Gasteiger partial charge in [-0.05, 0) is 0 Å². The molecule has 0 bridgehead atoms. The Bertz CT molecular complexity index is 67.1. The van der Waals surface area contributed by atoms with Gasteiger partial charge in [-0.15, -0.1) is 13.2 Å². The van der Waals surface area contributed by atoms with Crippen LogP contribution in [0.5, 0.6) is 0 Å². The second-order valence-electron chi connectivity index (χ2n) is 1.09. The van der Waals surface area contributed by atoms with Gasteiger partial charge in [0.15, 0.2) is 0 Å². The van der Waals surface area contributed by atoms with Crippen LogP contribution in [0.2, 0.25) is 0 Å². The zero-order valence-electron chi connectivity index (χ0n) is 4.09. The minimum absolute atomic E-state index is 0.194. The molecule has 1 N–H and O–H groups in total. The highest BCUT2D eigenvalue weighted by molar-refractivity contribution is 4.96. The first-order chi connectivity index (χ1) is 3.35. The van der Waals surface area contributed by atoms with Gasteiger partial charge in [0.05, 0.1) is 0 Å². The van der Waals surface area contributed by atoms with Crippen LogP contribution in [0.1, 0.15) is 0 Å². The fraction of sp³-hybridized carbons (Fsp3) is 0.200. The Morgan fingerprint density at radius 3 is 1.86 bits per heavy atom. The zero-order valence-corrected chi connectivity index (χ0v) is 4.09. The lowest BCUT2D eigenvalue weighted by atomic mass is 10.3. The minimum Gasteiger partial charge on any atom is -0.209 e. The Labute approximate surface area is 43.1 Å². The van der Waals surface area contributed by atoms with Crippen LogP contribution >= 0.6 is 0 Å². The minimum atomic E-state index is -0.194. The molecule has 0 saturated heterocycles. The molecule has 0 aliphatic heterocycles. The zero-order chi connectivity index (χ0) is 5.70. The van der Waals surface area contributed by atoms with Crippen LogP contribution in [0, 0.1) is 5.53 Å². The third kappa shape index (κ3) is 1.87. The summed E-state index contributed by atoms with van der Waals surface area (Å²) in [5.41, 5.74) is 6.44. The van der Waals surface area contributed by atoms with E-state index >= 15 is 0 Å². The van der Waals surface area contributed by atoms with Gasteiger partial charge in [0.2, 0.25) is 0 Å². The molecule has 0 heterocycles. The van der Waals surface area contributed by atoms with E-state index in [4.69, 9.17) is 5.53 Å². The molecule has 0 aliphatic rings. The van der Waals surface area contributed by atoms with Crippen molar-refractivity contribution in [2.45, 2.75) is 6.04 Å². The summed E-state index contributed by atoms with van der Waals surface area (Å²) < 4.78 is 0. The van der Waals surface area contributed by atoms with Crippen molar-refractivity contribution in [3.8, 4) is 0 Å². The third-order valence-corrected chi connectivity index (χ3v) is 0.632. The summed E-state index contributed by atoms with van der Waals surface area (Å²) in [6.45, 7) is 6.84. The molecule has 0 aliphatic carbocycles. The van der Waals surface area contributed by atoms with Crippen LogP contribution in [-0.4, -0.2) is 6.04 Å². The lowest BCUT2D eigenvalue weighted by Gasteiger charge is -1.89. The molecular weight excluding hydrogens is 88.1 g/mol. The lowest BCUT2D eigenvalue weighted by molar-refractivity contribution is 0.884. The molecule has 0 aromatic carbocycles. The number of nitrogens with one attached hydrogen (secondary N) is 1. The van der Waals surface area contributed by atoms with Gasteiger partial charge in [-0.25, -0.2) is 5.53 Å². The van der Waals surface area contributed by atoms with Crippen molar-refractivity contribution < 1.29 is 0 Å². The molecule has 0 rings (SSSR count). The average molecular weight is 96.1 g/mol. The fourth-order valence-electron chi connectivity index (χ4n) is 0.202. The van der Waals surface area contributed by atoms with Crippen molar-refractivity contribution in [1.29, 1.82) is 5.53 Å². The second kappa shape index (κ2) is 3.28. The van der Waals surface area contributed by atoms with Crippen molar-refractivity contribution >= 4 is 0 Å². The molecule has 0 aromatic rings. The van der Waals surface area contributed by atoms with Gasteiger partial charge in [-0.3, -0.25) is 0 Å². The predicted molar refractivity (Wildman–Crippen MR) is 29.3 cm³/mol. The summed E-state index contributed by atoms with van der Waals surface area (Å²) in [6.07, 6.45) is 3.11. The molecular formula is C5H8N2. The molecule has 0 spiro atoms. The Kier molecular flexibility index (Phi) is 2.85. The summed E-state index contributed by atoms with van der Waals surface area (Å²) in [6, 6.07) is -0.194. The average Bonchev–Trinajstić information content (AvgIpc) is 1.72. The maximum atomic E-state index is 6.44. The van der Waals surface area contributed by atoms with Crippen molar-refractivity contribution in [1.82, 2.24) is 0 Å². The summed E-state index contributed by atoms with van der Waals surface area (Å²) in [7, 11) is 0. The van der Waals surface area contributed by atoms with E-state index in [9.17, 15) is 0 Å². The smallest absolute Gasteiger partial charge is 0.106 e. The van der Waals surface area contributed by atoms with E-state index in [1.807, 2.05) is 0 Å². The first kappa shape index (κ1) is 6.08. The highest BCUT2D eigenvalue weighted by Crippen LogP contribution is 1.89. The SMILES string of the molecule is C=CC(C=C)N=N. The Morgan fingerprint density at radius 2 is 1.86 bits per heavy atom. The largest absolute Gasteiger partial charge is 0.209 e. The summed E-state index contributed by atoms with van der Waals surface area (Å²) in [5.74, 6) is 0. The molecule has 7 heavy (non-hydrogen) atoms. The first-order valence-corrected chi connectivity index (χ1v) is 1.96. The molecule has 0 radical (unpaired) electrons. The van der Waals surface area contributed by atoms with Gasteiger partial charge < -0.3 is 0 Å². The van der Waals surface area contributed by atoms with E-state index < -0.39 is 0 Å². The molecule has 0 fully saturated rings. The number of hydrogen-bond donors (Lipinski definition) is 1. The number of rotatable bonds is 3. The van der Waals surface area contributed by atoms with Crippen LogP contribution in [0.15, 0.2) is 30.4 Å². The Morgan fingerprint density at radius 1 is 1.43 bits per heavy atom. The van der Waals surface area contributed by atoms with Crippen molar-refractivity contribution in [3.63, 3.8) is 0 Å². The summed E-state index contributed by atoms with van der Waals surface area (Å²) in [5, 5.41) is 3.14. The standard InChI is InChI=1S/C5H8N2/c1-3-5(4-2)7-6/h3-6H,1-2H2. The number of hydrogen-bond acceptors (Lipinski definition) is 2. The molecule has 0 aromatic heterocycles. The topological polar surface area (TPSA) is 36.2 Å².